The molecule has 0 unspecified atom stereocenters. The van der Waals surface area contributed by atoms with Crippen molar-refractivity contribution >= 4 is 11.8 Å². The molecule has 2 aromatic rings. The number of rotatable bonds is 8. The lowest BCUT2D eigenvalue weighted by atomic mass is 10.0. The molecule has 1 N–H and O–H groups in total. The monoisotopic (exact) mass is 408 g/mol. The van der Waals surface area contributed by atoms with Gasteiger partial charge in [0.25, 0.3) is 5.91 Å². The Morgan fingerprint density at radius 3 is 2.20 bits per heavy atom. The normalized spacial score (nSPS) is 14.4. The number of nitrogens with one attached hydrogen (secondary N) is 1. The predicted octanol–water partition coefficient (Wildman–Crippen LogP) is 3.81. The van der Waals surface area contributed by atoms with E-state index in [9.17, 15) is 9.59 Å². The van der Waals surface area contributed by atoms with Crippen molar-refractivity contribution in [2.45, 2.75) is 52.0 Å². The van der Waals surface area contributed by atoms with Crippen LogP contribution >= 0.6 is 0 Å². The van der Waals surface area contributed by atoms with Gasteiger partial charge in [0.2, 0.25) is 5.91 Å². The molecule has 30 heavy (non-hydrogen) atoms. The van der Waals surface area contributed by atoms with Crippen LogP contribution in [-0.2, 0) is 16.0 Å². The topological polar surface area (TPSA) is 58.6 Å². The van der Waals surface area contributed by atoms with Crippen molar-refractivity contribution in [3.05, 3.63) is 65.2 Å². The average Bonchev–Trinajstić information content (AvgIpc) is 2.75. The molecule has 2 amide bonds. The molecule has 0 aromatic heterocycles. The summed E-state index contributed by atoms with van der Waals surface area (Å²) >= 11 is 0. The molecule has 0 bridgehead atoms. The van der Waals surface area contributed by atoms with Crippen molar-refractivity contribution in [2.75, 3.05) is 19.7 Å². The van der Waals surface area contributed by atoms with Gasteiger partial charge < -0.3 is 15.0 Å². The lowest BCUT2D eigenvalue weighted by molar-refractivity contribution is -0.132. The first-order valence-corrected chi connectivity index (χ1v) is 10.8. The molecule has 160 valence electrons. The van der Waals surface area contributed by atoms with Crippen molar-refractivity contribution < 1.29 is 14.3 Å². The number of carbonyl (C=O) groups is 2. The quantitative estimate of drug-likeness (QED) is 0.723. The van der Waals surface area contributed by atoms with Gasteiger partial charge >= 0.3 is 0 Å². The SMILES string of the molecule is Cc1ccc(CCCC(=O)N2CCC(NC(=O)COc3ccc(C)cc3)CC2)cc1. The fraction of sp³-hybridized carbons (Fsp3) is 0.440. The molecule has 1 saturated heterocycles. The van der Waals surface area contributed by atoms with Crippen LogP contribution in [0.15, 0.2) is 48.5 Å². The lowest BCUT2D eigenvalue weighted by Gasteiger charge is -2.32. The fourth-order valence-electron chi connectivity index (χ4n) is 3.68. The second kappa shape index (κ2) is 10.8. The number of likely N-dealkylation sites (tertiary alicyclic amines) is 1. The molecule has 1 heterocycles. The first-order chi connectivity index (χ1) is 14.5. The zero-order valence-corrected chi connectivity index (χ0v) is 18.0. The van der Waals surface area contributed by atoms with E-state index in [1.54, 1.807) is 0 Å². The van der Waals surface area contributed by atoms with E-state index in [-0.39, 0.29) is 24.5 Å². The van der Waals surface area contributed by atoms with Crippen molar-refractivity contribution in [3.8, 4) is 5.75 Å². The standard InChI is InChI=1S/C25H32N2O3/c1-19-6-10-21(11-7-19)4-3-5-25(29)27-16-14-22(15-17-27)26-24(28)18-30-23-12-8-20(2)9-13-23/h6-13,22H,3-5,14-18H2,1-2H3,(H,26,28). The van der Waals surface area contributed by atoms with Crippen LogP contribution in [0, 0.1) is 13.8 Å². The Hall–Kier alpha value is -2.82. The molecule has 1 aliphatic heterocycles. The molecule has 0 atom stereocenters. The Morgan fingerprint density at radius 1 is 0.967 bits per heavy atom. The first-order valence-electron chi connectivity index (χ1n) is 10.8. The van der Waals surface area contributed by atoms with Gasteiger partial charge in [0.05, 0.1) is 0 Å². The Balaban J connectivity index is 1.31. The minimum Gasteiger partial charge on any atom is -0.484 e. The van der Waals surface area contributed by atoms with E-state index in [0.717, 1.165) is 31.2 Å². The van der Waals surface area contributed by atoms with E-state index >= 15 is 0 Å². The van der Waals surface area contributed by atoms with Crippen molar-refractivity contribution in [1.29, 1.82) is 0 Å². The third kappa shape index (κ3) is 6.90. The molecule has 0 aliphatic carbocycles. The first kappa shape index (κ1) is 21.9. The highest BCUT2D eigenvalue weighted by Crippen LogP contribution is 2.14. The number of benzene rings is 2. The highest BCUT2D eigenvalue weighted by atomic mass is 16.5. The third-order valence-electron chi connectivity index (χ3n) is 5.58. The minimum absolute atomic E-state index is 0.0151. The minimum atomic E-state index is -0.113. The molecule has 0 spiro atoms. The number of aryl methyl sites for hydroxylation is 3. The summed E-state index contributed by atoms with van der Waals surface area (Å²) in [5.74, 6) is 0.801. The number of hydrogen-bond donors (Lipinski definition) is 1. The predicted molar refractivity (Wildman–Crippen MR) is 119 cm³/mol. The molecule has 1 fully saturated rings. The van der Waals surface area contributed by atoms with Gasteiger partial charge in [-0.3, -0.25) is 9.59 Å². The van der Waals surface area contributed by atoms with Gasteiger partial charge in [0.1, 0.15) is 5.75 Å². The van der Waals surface area contributed by atoms with Crippen LogP contribution in [-0.4, -0.2) is 42.5 Å². The molecule has 0 radical (unpaired) electrons. The highest BCUT2D eigenvalue weighted by molar-refractivity contribution is 5.78. The number of piperidine rings is 1. The highest BCUT2D eigenvalue weighted by Gasteiger charge is 2.23. The van der Waals surface area contributed by atoms with Gasteiger partial charge in [0.15, 0.2) is 6.61 Å². The van der Waals surface area contributed by atoms with Crippen LogP contribution in [0.1, 0.15) is 42.4 Å². The van der Waals surface area contributed by atoms with Gasteiger partial charge in [-0.2, -0.15) is 0 Å². The van der Waals surface area contributed by atoms with Gasteiger partial charge in [-0.05, 0) is 57.2 Å². The van der Waals surface area contributed by atoms with Crippen molar-refractivity contribution in [2.24, 2.45) is 0 Å². The molecule has 2 aromatic carbocycles. The van der Waals surface area contributed by atoms with Crippen LogP contribution in [0.2, 0.25) is 0 Å². The zero-order valence-electron chi connectivity index (χ0n) is 18.0. The van der Waals surface area contributed by atoms with E-state index in [4.69, 9.17) is 4.74 Å². The van der Waals surface area contributed by atoms with E-state index in [0.29, 0.717) is 25.3 Å². The number of nitrogens with zero attached hydrogens (tertiary/aromatic N) is 1. The van der Waals surface area contributed by atoms with E-state index in [1.165, 1.54) is 11.1 Å². The molecule has 0 saturated carbocycles. The Labute approximate surface area is 179 Å². The third-order valence-corrected chi connectivity index (χ3v) is 5.58. The molecule has 3 rings (SSSR count). The number of hydrogen-bond acceptors (Lipinski definition) is 3. The van der Waals surface area contributed by atoms with Crippen molar-refractivity contribution in [3.63, 3.8) is 0 Å². The van der Waals surface area contributed by atoms with Crippen LogP contribution < -0.4 is 10.1 Å². The summed E-state index contributed by atoms with van der Waals surface area (Å²) in [6.45, 7) is 5.51. The average molecular weight is 409 g/mol. The maximum atomic E-state index is 12.5. The summed E-state index contributed by atoms with van der Waals surface area (Å²) in [4.78, 5) is 26.6. The fourth-order valence-corrected chi connectivity index (χ4v) is 3.68. The molecule has 5 nitrogen and oxygen atoms in total. The molecule has 1 aliphatic rings. The summed E-state index contributed by atoms with van der Waals surface area (Å²) < 4.78 is 5.53. The van der Waals surface area contributed by atoms with Gasteiger partial charge in [-0.1, -0.05) is 47.5 Å². The van der Waals surface area contributed by atoms with E-state index in [1.807, 2.05) is 36.1 Å². The maximum absolute atomic E-state index is 12.5. The summed E-state index contributed by atoms with van der Waals surface area (Å²) in [6, 6.07) is 16.3. The molecular weight excluding hydrogens is 376 g/mol. The number of ether oxygens (including phenoxy) is 1. The van der Waals surface area contributed by atoms with Crippen LogP contribution in [0.3, 0.4) is 0 Å². The van der Waals surface area contributed by atoms with Crippen LogP contribution in [0.4, 0.5) is 0 Å². The van der Waals surface area contributed by atoms with Crippen LogP contribution in [0.25, 0.3) is 0 Å². The van der Waals surface area contributed by atoms with E-state index < -0.39 is 0 Å². The summed E-state index contributed by atoms with van der Waals surface area (Å²) in [5.41, 5.74) is 3.69. The molecule has 5 heteroatoms. The Morgan fingerprint density at radius 2 is 1.57 bits per heavy atom. The summed E-state index contributed by atoms with van der Waals surface area (Å²) in [5, 5.41) is 3.03. The summed E-state index contributed by atoms with van der Waals surface area (Å²) in [7, 11) is 0. The molecular formula is C25H32N2O3. The maximum Gasteiger partial charge on any atom is 0.258 e. The lowest BCUT2D eigenvalue weighted by Crippen LogP contribution is -2.47. The second-order valence-corrected chi connectivity index (χ2v) is 8.16. The summed E-state index contributed by atoms with van der Waals surface area (Å²) in [6.07, 6.45) is 3.96. The van der Waals surface area contributed by atoms with Gasteiger partial charge in [-0.15, -0.1) is 0 Å². The largest absolute Gasteiger partial charge is 0.484 e. The second-order valence-electron chi connectivity index (χ2n) is 8.16. The van der Waals surface area contributed by atoms with Crippen molar-refractivity contribution in [1.82, 2.24) is 10.2 Å². The smallest absolute Gasteiger partial charge is 0.258 e. The van der Waals surface area contributed by atoms with Gasteiger partial charge in [0, 0.05) is 25.6 Å². The Bertz CT molecular complexity index is 822. The van der Waals surface area contributed by atoms with Crippen LogP contribution in [0.5, 0.6) is 5.75 Å². The Kier molecular flexibility index (Phi) is 7.89. The number of amides is 2. The zero-order chi connectivity index (χ0) is 21.3. The number of carbonyl (C=O) groups excluding carboxylic acids is 2. The van der Waals surface area contributed by atoms with E-state index in [2.05, 4.69) is 36.5 Å². The van der Waals surface area contributed by atoms with Gasteiger partial charge in [-0.25, -0.2) is 0 Å².